The van der Waals surface area contributed by atoms with Gasteiger partial charge < -0.3 is 5.32 Å². The molecule has 0 radical (unpaired) electrons. The van der Waals surface area contributed by atoms with Crippen LogP contribution in [0.4, 0.5) is 5.69 Å². The van der Waals surface area contributed by atoms with Gasteiger partial charge in [-0.2, -0.15) is 5.26 Å². The Morgan fingerprint density at radius 1 is 1.37 bits per heavy atom. The first kappa shape index (κ1) is 13.6. The SMILES string of the molecule is Cc1csc(C(=O)Nc2cccc(C)c2C#N)c1Cl. The highest BCUT2D eigenvalue weighted by molar-refractivity contribution is 7.13. The summed E-state index contributed by atoms with van der Waals surface area (Å²) in [5.41, 5.74) is 2.69. The van der Waals surface area contributed by atoms with Gasteiger partial charge in [-0.3, -0.25) is 4.79 Å². The lowest BCUT2D eigenvalue weighted by atomic mass is 10.1. The van der Waals surface area contributed by atoms with Crippen LogP contribution in [0.1, 0.15) is 26.4 Å². The Bertz CT molecular complexity index is 685. The molecule has 0 bridgehead atoms. The van der Waals surface area contributed by atoms with Crippen molar-refractivity contribution in [1.29, 1.82) is 5.26 Å². The molecule has 0 fully saturated rings. The number of rotatable bonds is 2. The predicted octanol–water partition coefficient (Wildman–Crippen LogP) is 4.14. The lowest BCUT2D eigenvalue weighted by molar-refractivity contribution is 0.103. The number of benzene rings is 1. The summed E-state index contributed by atoms with van der Waals surface area (Å²) in [5, 5.41) is 14.2. The molecule has 0 saturated carbocycles. The normalized spacial score (nSPS) is 10.0. The molecule has 0 aliphatic carbocycles. The lowest BCUT2D eigenvalue weighted by Gasteiger charge is -2.08. The Morgan fingerprint density at radius 3 is 2.68 bits per heavy atom. The van der Waals surface area contributed by atoms with E-state index in [4.69, 9.17) is 16.9 Å². The van der Waals surface area contributed by atoms with Gasteiger partial charge in [-0.15, -0.1) is 11.3 Å². The zero-order valence-electron chi connectivity index (χ0n) is 10.5. The molecule has 0 unspecified atom stereocenters. The van der Waals surface area contributed by atoms with Crippen molar-refractivity contribution in [2.24, 2.45) is 0 Å². The number of thiophene rings is 1. The molecule has 0 atom stereocenters. The Morgan fingerprint density at radius 2 is 2.11 bits per heavy atom. The van der Waals surface area contributed by atoms with Crippen molar-refractivity contribution in [2.75, 3.05) is 5.32 Å². The highest BCUT2D eigenvalue weighted by atomic mass is 35.5. The zero-order valence-corrected chi connectivity index (χ0v) is 12.0. The summed E-state index contributed by atoms with van der Waals surface area (Å²) in [5.74, 6) is -0.287. The summed E-state index contributed by atoms with van der Waals surface area (Å²) in [4.78, 5) is 12.6. The highest BCUT2D eigenvalue weighted by Gasteiger charge is 2.16. The number of carbonyl (C=O) groups excluding carboxylic acids is 1. The van der Waals surface area contributed by atoms with E-state index in [2.05, 4.69) is 11.4 Å². The molecule has 2 rings (SSSR count). The van der Waals surface area contributed by atoms with Crippen LogP contribution in [-0.4, -0.2) is 5.91 Å². The minimum absolute atomic E-state index is 0.287. The van der Waals surface area contributed by atoms with Crippen molar-refractivity contribution >= 4 is 34.5 Å². The number of nitriles is 1. The van der Waals surface area contributed by atoms with E-state index in [-0.39, 0.29) is 5.91 Å². The van der Waals surface area contributed by atoms with Crippen molar-refractivity contribution in [3.05, 3.63) is 50.2 Å². The zero-order chi connectivity index (χ0) is 14.0. The monoisotopic (exact) mass is 290 g/mol. The third kappa shape index (κ3) is 2.62. The summed E-state index contributed by atoms with van der Waals surface area (Å²) >= 11 is 7.35. The molecule has 19 heavy (non-hydrogen) atoms. The first-order chi connectivity index (χ1) is 9.04. The number of hydrogen-bond acceptors (Lipinski definition) is 3. The third-order valence-electron chi connectivity index (χ3n) is 2.74. The summed E-state index contributed by atoms with van der Waals surface area (Å²) in [6.45, 7) is 3.68. The van der Waals surface area contributed by atoms with E-state index in [0.717, 1.165) is 11.1 Å². The summed E-state index contributed by atoms with van der Waals surface area (Å²) in [6, 6.07) is 7.43. The first-order valence-corrected chi connectivity index (χ1v) is 6.85. The number of halogens is 1. The van der Waals surface area contributed by atoms with Gasteiger partial charge in [0.1, 0.15) is 10.9 Å². The topological polar surface area (TPSA) is 52.9 Å². The molecule has 3 nitrogen and oxygen atoms in total. The van der Waals surface area contributed by atoms with E-state index in [9.17, 15) is 4.79 Å². The lowest BCUT2D eigenvalue weighted by Crippen LogP contribution is -2.12. The molecule has 0 spiro atoms. The number of aryl methyl sites for hydroxylation is 2. The van der Waals surface area contributed by atoms with E-state index in [1.54, 1.807) is 12.1 Å². The van der Waals surface area contributed by atoms with Crippen molar-refractivity contribution in [2.45, 2.75) is 13.8 Å². The second-order valence-electron chi connectivity index (χ2n) is 4.13. The van der Waals surface area contributed by atoms with Crippen LogP contribution >= 0.6 is 22.9 Å². The third-order valence-corrected chi connectivity index (χ3v) is 4.43. The Balaban J connectivity index is 2.33. The van der Waals surface area contributed by atoms with Crippen molar-refractivity contribution in [3.63, 3.8) is 0 Å². The van der Waals surface area contributed by atoms with Crippen LogP contribution in [0.3, 0.4) is 0 Å². The first-order valence-electron chi connectivity index (χ1n) is 5.59. The molecule has 1 amide bonds. The molecule has 1 aromatic heterocycles. The van der Waals surface area contributed by atoms with Crippen LogP contribution < -0.4 is 5.32 Å². The van der Waals surface area contributed by atoms with E-state index < -0.39 is 0 Å². The molecule has 0 aliphatic rings. The minimum atomic E-state index is -0.287. The number of anilines is 1. The fourth-order valence-corrected chi connectivity index (χ4v) is 2.86. The van der Waals surface area contributed by atoms with Crippen molar-refractivity contribution < 1.29 is 4.79 Å². The highest BCUT2D eigenvalue weighted by Crippen LogP contribution is 2.28. The fraction of sp³-hybridized carbons (Fsp3) is 0.143. The van der Waals surface area contributed by atoms with Crippen LogP contribution in [0.5, 0.6) is 0 Å². The van der Waals surface area contributed by atoms with Gasteiger partial charge in [0.2, 0.25) is 0 Å². The largest absolute Gasteiger partial charge is 0.320 e. The maximum atomic E-state index is 12.1. The number of hydrogen-bond donors (Lipinski definition) is 1. The molecular weight excluding hydrogens is 280 g/mol. The van der Waals surface area contributed by atoms with Crippen molar-refractivity contribution in [3.8, 4) is 6.07 Å². The van der Waals surface area contributed by atoms with Gasteiger partial charge in [-0.25, -0.2) is 0 Å². The van der Waals surface area contributed by atoms with Crippen molar-refractivity contribution in [1.82, 2.24) is 0 Å². The molecular formula is C14H11ClN2OS. The average molecular weight is 291 g/mol. The Labute approximate surface area is 120 Å². The molecule has 0 saturated heterocycles. The summed E-state index contributed by atoms with van der Waals surface area (Å²) in [6.07, 6.45) is 0. The Hall–Kier alpha value is -1.83. The second kappa shape index (κ2) is 5.43. The molecule has 1 aromatic carbocycles. The molecule has 2 aromatic rings. The van der Waals surface area contributed by atoms with Crippen LogP contribution in [-0.2, 0) is 0 Å². The van der Waals surface area contributed by atoms with E-state index >= 15 is 0 Å². The van der Waals surface area contributed by atoms with Crippen LogP contribution in [0, 0.1) is 25.2 Å². The number of amides is 1. The smallest absolute Gasteiger partial charge is 0.267 e. The second-order valence-corrected chi connectivity index (χ2v) is 5.38. The van der Waals surface area contributed by atoms with Gasteiger partial charge in [-0.05, 0) is 36.4 Å². The number of nitrogens with one attached hydrogen (secondary N) is 1. The molecule has 1 N–H and O–H groups in total. The van der Waals surface area contributed by atoms with Gasteiger partial charge >= 0.3 is 0 Å². The van der Waals surface area contributed by atoms with Gasteiger partial charge in [0.05, 0.1) is 16.3 Å². The summed E-state index contributed by atoms with van der Waals surface area (Å²) in [7, 11) is 0. The van der Waals surface area contributed by atoms with Gasteiger partial charge in [0, 0.05) is 0 Å². The summed E-state index contributed by atoms with van der Waals surface area (Å²) < 4.78 is 0. The van der Waals surface area contributed by atoms with E-state index in [1.165, 1.54) is 11.3 Å². The van der Waals surface area contributed by atoms with Crippen LogP contribution in [0.2, 0.25) is 5.02 Å². The van der Waals surface area contributed by atoms with Gasteiger partial charge in [0.25, 0.3) is 5.91 Å². The van der Waals surface area contributed by atoms with Crippen LogP contribution in [0.25, 0.3) is 0 Å². The number of carbonyl (C=O) groups is 1. The molecule has 5 heteroatoms. The fourth-order valence-electron chi connectivity index (χ4n) is 1.68. The average Bonchev–Trinajstić information content (AvgIpc) is 2.70. The Kier molecular flexibility index (Phi) is 3.89. The van der Waals surface area contributed by atoms with E-state index in [1.807, 2.05) is 25.3 Å². The maximum Gasteiger partial charge on any atom is 0.267 e. The van der Waals surface area contributed by atoms with Gasteiger partial charge in [0.15, 0.2) is 0 Å². The van der Waals surface area contributed by atoms with E-state index in [0.29, 0.717) is 21.2 Å². The minimum Gasteiger partial charge on any atom is -0.320 e. The standard InChI is InChI=1S/C14H11ClN2OS/c1-8-4-3-5-11(10(8)6-16)17-14(18)13-12(15)9(2)7-19-13/h3-5,7H,1-2H3,(H,17,18). The number of nitrogens with zero attached hydrogens (tertiary/aromatic N) is 1. The predicted molar refractivity (Wildman–Crippen MR) is 77.9 cm³/mol. The molecule has 0 aliphatic heterocycles. The van der Waals surface area contributed by atoms with Gasteiger partial charge in [-0.1, -0.05) is 23.7 Å². The quantitative estimate of drug-likeness (QED) is 0.903. The molecule has 96 valence electrons. The molecule has 1 heterocycles. The maximum absolute atomic E-state index is 12.1. The van der Waals surface area contributed by atoms with Crippen LogP contribution in [0.15, 0.2) is 23.6 Å².